The summed E-state index contributed by atoms with van der Waals surface area (Å²) in [5, 5.41) is 0. The Bertz CT molecular complexity index is 425. The molecule has 1 aliphatic heterocycles. The SMILES string of the molecule is CC(=O)OCCCCCCC/C=C/C(=O)N1CCC[N+](C)(C)CC1.[I-]. The summed E-state index contributed by atoms with van der Waals surface area (Å²) in [5.74, 6) is -0.0324. The second-order valence-electron chi connectivity index (χ2n) is 7.36. The van der Waals surface area contributed by atoms with E-state index in [1.807, 2.05) is 11.0 Å². The molecule has 0 aromatic carbocycles. The summed E-state index contributed by atoms with van der Waals surface area (Å²) in [6, 6.07) is 0. The Morgan fingerprint density at radius 2 is 1.72 bits per heavy atom. The zero-order valence-electron chi connectivity index (χ0n) is 16.1. The van der Waals surface area contributed by atoms with Gasteiger partial charge in [0, 0.05) is 19.9 Å². The molecule has 1 heterocycles. The Morgan fingerprint density at radius 1 is 1.04 bits per heavy atom. The maximum Gasteiger partial charge on any atom is 0.302 e. The molecule has 0 spiro atoms. The second kappa shape index (κ2) is 13.6. The minimum atomic E-state index is -0.197. The Kier molecular flexibility index (Phi) is 13.2. The molecule has 1 aliphatic rings. The number of halogens is 1. The van der Waals surface area contributed by atoms with Crippen molar-refractivity contribution in [1.82, 2.24) is 4.90 Å². The van der Waals surface area contributed by atoms with Crippen molar-refractivity contribution < 1.29 is 42.8 Å². The number of rotatable bonds is 9. The number of ether oxygens (including phenoxy) is 1. The highest BCUT2D eigenvalue weighted by atomic mass is 127. The second-order valence-corrected chi connectivity index (χ2v) is 7.36. The third-order valence-electron chi connectivity index (χ3n) is 4.56. The van der Waals surface area contributed by atoms with Crippen LogP contribution in [0.1, 0.15) is 51.9 Å². The summed E-state index contributed by atoms with van der Waals surface area (Å²) in [7, 11) is 4.46. The summed E-state index contributed by atoms with van der Waals surface area (Å²) < 4.78 is 5.90. The highest BCUT2D eigenvalue weighted by Gasteiger charge is 2.23. The van der Waals surface area contributed by atoms with Gasteiger partial charge in [0.1, 0.15) is 0 Å². The lowest BCUT2D eigenvalue weighted by Gasteiger charge is -2.27. The van der Waals surface area contributed by atoms with Gasteiger partial charge in [-0.3, -0.25) is 9.59 Å². The van der Waals surface area contributed by atoms with E-state index in [-0.39, 0.29) is 35.9 Å². The van der Waals surface area contributed by atoms with Gasteiger partial charge in [0.15, 0.2) is 0 Å². The minimum Gasteiger partial charge on any atom is -1.00 e. The summed E-state index contributed by atoms with van der Waals surface area (Å²) in [6.07, 6.45) is 11.3. The molecule has 1 saturated heterocycles. The van der Waals surface area contributed by atoms with Crippen molar-refractivity contribution in [2.24, 2.45) is 0 Å². The Morgan fingerprint density at radius 3 is 2.44 bits per heavy atom. The lowest BCUT2D eigenvalue weighted by Crippen LogP contribution is -3.00. The fourth-order valence-electron chi connectivity index (χ4n) is 2.93. The molecule has 0 aromatic heterocycles. The largest absolute Gasteiger partial charge is 1.00 e. The molecule has 25 heavy (non-hydrogen) atoms. The van der Waals surface area contributed by atoms with Crippen LogP contribution in [0, 0.1) is 0 Å². The highest BCUT2D eigenvalue weighted by Crippen LogP contribution is 2.09. The normalized spacial score (nSPS) is 17.0. The molecule has 1 rings (SSSR count). The smallest absolute Gasteiger partial charge is 0.302 e. The molecule has 146 valence electrons. The third kappa shape index (κ3) is 12.4. The van der Waals surface area contributed by atoms with Crippen LogP contribution in [0.3, 0.4) is 0 Å². The van der Waals surface area contributed by atoms with E-state index in [1.54, 1.807) is 6.08 Å². The van der Waals surface area contributed by atoms with Gasteiger partial charge >= 0.3 is 5.97 Å². The lowest BCUT2D eigenvalue weighted by molar-refractivity contribution is -0.888. The van der Waals surface area contributed by atoms with Gasteiger partial charge in [-0.25, -0.2) is 0 Å². The number of carbonyl (C=O) groups is 2. The predicted molar refractivity (Wildman–Crippen MR) is 96.5 cm³/mol. The van der Waals surface area contributed by atoms with E-state index in [9.17, 15) is 9.59 Å². The van der Waals surface area contributed by atoms with Crippen LogP contribution in [0.15, 0.2) is 12.2 Å². The van der Waals surface area contributed by atoms with Gasteiger partial charge in [0.2, 0.25) is 5.91 Å². The number of hydrogen-bond donors (Lipinski definition) is 0. The van der Waals surface area contributed by atoms with E-state index in [1.165, 1.54) is 6.92 Å². The molecule has 0 aliphatic carbocycles. The molecule has 0 aromatic rings. The van der Waals surface area contributed by atoms with Crippen LogP contribution >= 0.6 is 0 Å². The quantitative estimate of drug-likeness (QED) is 0.155. The zero-order valence-corrected chi connectivity index (χ0v) is 18.3. The standard InChI is InChI=1S/C19H35N2O3.HI/c1-18(22)24-17-10-8-6-4-5-7-9-12-19(23)20-13-11-15-21(2,3)16-14-20;/h9,12H,4-8,10-11,13-17H2,1-3H3;1H/q+1;/p-1/b12-9+;. The van der Waals surface area contributed by atoms with Crippen molar-refractivity contribution in [2.75, 3.05) is 46.9 Å². The molecule has 1 fully saturated rings. The Hall–Kier alpha value is -0.630. The minimum absolute atomic E-state index is 0. The molecule has 0 saturated carbocycles. The number of carbonyl (C=O) groups excluding carboxylic acids is 2. The molecule has 1 amide bonds. The van der Waals surface area contributed by atoms with Crippen LogP contribution in [0.4, 0.5) is 0 Å². The van der Waals surface area contributed by atoms with Gasteiger partial charge in [-0.2, -0.15) is 0 Å². The first-order valence-corrected chi connectivity index (χ1v) is 9.31. The van der Waals surface area contributed by atoms with Gasteiger partial charge in [0.25, 0.3) is 0 Å². The average molecular weight is 466 g/mol. The summed E-state index contributed by atoms with van der Waals surface area (Å²) in [5.41, 5.74) is 0. The van der Waals surface area contributed by atoms with Crippen LogP contribution < -0.4 is 24.0 Å². The first kappa shape index (κ1) is 24.4. The van der Waals surface area contributed by atoms with Crippen molar-refractivity contribution >= 4 is 11.9 Å². The molecule has 0 atom stereocenters. The monoisotopic (exact) mass is 466 g/mol. The highest BCUT2D eigenvalue weighted by molar-refractivity contribution is 5.87. The van der Waals surface area contributed by atoms with Crippen LogP contribution in [0.25, 0.3) is 0 Å². The summed E-state index contributed by atoms with van der Waals surface area (Å²) >= 11 is 0. The van der Waals surface area contributed by atoms with Gasteiger partial charge in [-0.1, -0.05) is 25.3 Å². The Labute approximate surface area is 170 Å². The summed E-state index contributed by atoms with van der Waals surface area (Å²) in [4.78, 5) is 24.8. The molecule has 0 radical (unpaired) electrons. The average Bonchev–Trinajstić information content (AvgIpc) is 2.69. The number of hydrogen-bond acceptors (Lipinski definition) is 3. The topological polar surface area (TPSA) is 46.6 Å². The van der Waals surface area contributed by atoms with Crippen molar-refractivity contribution in [3.63, 3.8) is 0 Å². The number of allylic oxidation sites excluding steroid dienone is 1. The molecular weight excluding hydrogens is 431 g/mol. The molecule has 6 heteroatoms. The first-order valence-electron chi connectivity index (χ1n) is 9.31. The van der Waals surface area contributed by atoms with Crippen molar-refractivity contribution in [2.45, 2.75) is 51.9 Å². The number of esters is 1. The van der Waals surface area contributed by atoms with Gasteiger partial charge < -0.3 is 38.1 Å². The third-order valence-corrected chi connectivity index (χ3v) is 4.56. The number of likely N-dealkylation sites (N-methyl/N-ethyl adjacent to an activating group) is 1. The van der Waals surface area contributed by atoms with Gasteiger partial charge in [-0.05, 0) is 25.3 Å². The van der Waals surface area contributed by atoms with Crippen molar-refractivity contribution in [1.29, 1.82) is 0 Å². The fourth-order valence-corrected chi connectivity index (χ4v) is 2.93. The van der Waals surface area contributed by atoms with Crippen LogP contribution in [0.2, 0.25) is 0 Å². The van der Waals surface area contributed by atoms with E-state index < -0.39 is 0 Å². The number of quaternary nitrogens is 1. The number of nitrogens with zero attached hydrogens (tertiary/aromatic N) is 2. The van der Waals surface area contributed by atoms with Crippen molar-refractivity contribution in [3.05, 3.63) is 12.2 Å². The molecule has 0 unspecified atom stereocenters. The first-order chi connectivity index (χ1) is 11.4. The molecule has 0 bridgehead atoms. The molecule has 5 nitrogen and oxygen atoms in total. The zero-order chi connectivity index (χ0) is 17.8. The van der Waals surface area contributed by atoms with Crippen LogP contribution in [-0.2, 0) is 14.3 Å². The van der Waals surface area contributed by atoms with Gasteiger partial charge in [0.05, 0.1) is 40.3 Å². The predicted octanol–water partition coefficient (Wildman–Crippen LogP) is -0.241. The lowest BCUT2D eigenvalue weighted by atomic mass is 10.1. The van der Waals surface area contributed by atoms with E-state index in [0.717, 1.165) is 75.6 Å². The van der Waals surface area contributed by atoms with E-state index in [2.05, 4.69) is 14.1 Å². The van der Waals surface area contributed by atoms with Gasteiger partial charge in [-0.15, -0.1) is 0 Å². The number of unbranched alkanes of at least 4 members (excludes halogenated alkanes) is 5. The van der Waals surface area contributed by atoms with E-state index in [4.69, 9.17) is 4.74 Å². The Balaban J connectivity index is 0.00000576. The maximum absolute atomic E-state index is 12.2. The maximum atomic E-state index is 12.2. The van der Waals surface area contributed by atoms with Crippen molar-refractivity contribution in [3.8, 4) is 0 Å². The number of amides is 1. The van der Waals surface area contributed by atoms with Crippen LogP contribution in [-0.4, -0.2) is 68.1 Å². The fraction of sp³-hybridized carbons (Fsp3) is 0.789. The van der Waals surface area contributed by atoms with E-state index in [0.29, 0.717) is 6.61 Å². The van der Waals surface area contributed by atoms with E-state index >= 15 is 0 Å². The van der Waals surface area contributed by atoms with Crippen LogP contribution in [0.5, 0.6) is 0 Å². The molecular formula is C19H35IN2O3. The molecule has 0 N–H and O–H groups in total. The summed E-state index contributed by atoms with van der Waals surface area (Å²) in [6.45, 7) is 5.90.